The molecule has 0 saturated carbocycles. The van der Waals surface area contributed by atoms with E-state index in [-0.39, 0.29) is 11.0 Å². The minimum absolute atomic E-state index is 0.294. The Morgan fingerprint density at radius 1 is 1.63 bits per heavy atom. The summed E-state index contributed by atoms with van der Waals surface area (Å²) in [5, 5.41) is 7.60. The second-order valence-electron chi connectivity index (χ2n) is 3.71. The molecule has 0 fully saturated rings. The van der Waals surface area contributed by atoms with Gasteiger partial charge in [0.05, 0.1) is 21.3 Å². The highest BCUT2D eigenvalue weighted by atomic mass is 79.9. The first-order valence-electron chi connectivity index (χ1n) is 5.27. The zero-order valence-electron chi connectivity index (χ0n) is 10.1. The summed E-state index contributed by atoms with van der Waals surface area (Å²) in [6.07, 6.45) is 1.39. The van der Waals surface area contributed by atoms with Crippen molar-refractivity contribution in [2.75, 3.05) is 0 Å². The molecule has 1 N–H and O–H groups in total. The fourth-order valence-electron chi connectivity index (χ4n) is 1.48. The average molecular weight is 345 g/mol. The van der Waals surface area contributed by atoms with Gasteiger partial charge in [0.2, 0.25) is 0 Å². The third-order valence-corrected chi connectivity index (χ3v) is 4.07. The number of hydrogen-bond acceptors (Lipinski definition) is 4. The van der Waals surface area contributed by atoms with Gasteiger partial charge in [-0.1, -0.05) is 0 Å². The summed E-state index contributed by atoms with van der Waals surface area (Å²) in [4.78, 5) is 12.5. The summed E-state index contributed by atoms with van der Waals surface area (Å²) >= 11 is 4.25. The van der Waals surface area contributed by atoms with Gasteiger partial charge in [-0.15, -0.1) is 11.3 Å². The molecule has 0 bridgehead atoms. The maximum absolute atomic E-state index is 12.7. The largest absolute Gasteiger partial charge is 0.290 e. The number of nitrogens with zero attached hydrogens (tertiary/aromatic N) is 3. The van der Waals surface area contributed by atoms with E-state index in [4.69, 9.17) is 0 Å². The summed E-state index contributed by atoms with van der Waals surface area (Å²) in [5.41, 5.74) is 3.48. The van der Waals surface area contributed by atoms with Crippen molar-refractivity contribution in [1.82, 2.24) is 15.2 Å². The van der Waals surface area contributed by atoms with E-state index in [1.807, 2.05) is 0 Å². The third-order valence-electron chi connectivity index (χ3n) is 2.32. The van der Waals surface area contributed by atoms with Gasteiger partial charge in [-0.25, -0.2) is 5.43 Å². The molecule has 1 amide bonds. The highest BCUT2D eigenvalue weighted by Crippen LogP contribution is 2.19. The Kier molecular flexibility index (Phi) is 4.11. The van der Waals surface area contributed by atoms with Crippen LogP contribution in [-0.2, 0) is 7.05 Å². The van der Waals surface area contributed by atoms with E-state index in [1.54, 1.807) is 20.0 Å². The molecule has 0 aromatic carbocycles. The number of halogens is 2. The van der Waals surface area contributed by atoms with Gasteiger partial charge in [0.25, 0.3) is 5.91 Å². The Hall–Kier alpha value is -1.54. The molecular weight excluding hydrogens is 335 g/mol. The van der Waals surface area contributed by atoms with E-state index in [2.05, 4.69) is 31.6 Å². The van der Waals surface area contributed by atoms with Gasteiger partial charge in [0.1, 0.15) is 5.69 Å². The minimum Gasteiger partial charge on any atom is -0.266 e. The van der Waals surface area contributed by atoms with Crippen LogP contribution in [0.25, 0.3) is 0 Å². The van der Waals surface area contributed by atoms with Gasteiger partial charge in [0, 0.05) is 7.05 Å². The highest BCUT2D eigenvalue weighted by molar-refractivity contribution is 9.10. The van der Waals surface area contributed by atoms with Crippen LogP contribution in [0.1, 0.15) is 21.1 Å². The highest BCUT2D eigenvalue weighted by Gasteiger charge is 2.17. The molecule has 8 heteroatoms. The van der Waals surface area contributed by atoms with Crippen LogP contribution in [0.5, 0.6) is 0 Å². The molecule has 0 unspecified atom stereocenters. The number of hydrazone groups is 1. The van der Waals surface area contributed by atoms with Crippen LogP contribution in [0.3, 0.4) is 0 Å². The Morgan fingerprint density at radius 2 is 2.37 bits per heavy atom. The summed E-state index contributed by atoms with van der Waals surface area (Å²) in [6, 6.07) is 2.93. The lowest BCUT2D eigenvalue weighted by Gasteiger charge is -2.00. The first-order chi connectivity index (χ1) is 8.99. The Labute approximate surface area is 121 Å². The van der Waals surface area contributed by atoms with Gasteiger partial charge in [-0.05, 0) is 35.0 Å². The van der Waals surface area contributed by atoms with Crippen molar-refractivity contribution >= 4 is 39.4 Å². The number of hydrogen-bond donors (Lipinski definition) is 1. The van der Waals surface area contributed by atoms with Gasteiger partial charge in [-0.2, -0.15) is 14.6 Å². The summed E-state index contributed by atoms with van der Waals surface area (Å²) in [7, 11) is 1.67. The molecule has 2 rings (SSSR count). The summed E-state index contributed by atoms with van der Waals surface area (Å²) < 4.78 is 14.8. The third kappa shape index (κ3) is 3.07. The number of carbonyl (C=O) groups excluding carboxylic acids is 1. The molecule has 0 radical (unpaired) electrons. The monoisotopic (exact) mass is 344 g/mol. The molecular formula is C11H10BrFN4OS. The van der Waals surface area contributed by atoms with Crippen LogP contribution in [0, 0.1) is 12.1 Å². The second kappa shape index (κ2) is 5.62. The number of nitrogens with one attached hydrogen (secondary N) is 1. The summed E-state index contributed by atoms with van der Waals surface area (Å²) in [6.45, 7) is 1.79. The van der Waals surface area contributed by atoms with E-state index in [9.17, 15) is 9.18 Å². The predicted molar refractivity (Wildman–Crippen MR) is 75.0 cm³/mol. The molecule has 0 atom stereocenters. The van der Waals surface area contributed by atoms with Crippen LogP contribution in [-0.4, -0.2) is 21.9 Å². The lowest BCUT2D eigenvalue weighted by atomic mass is 10.3. The van der Waals surface area contributed by atoms with Crippen LogP contribution in [0.4, 0.5) is 4.39 Å². The van der Waals surface area contributed by atoms with Crippen molar-refractivity contribution in [3.8, 4) is 0 Å². The molecule has 5 nitrogen and oxygen atoms in total. The smallest absolute Gasteiger partial charge is 0.266 e. The second-order valence-corrected chi connectivity index (χ2v) is 5.57. The molecule has 0 aliphatic heterocycles. The molecule has 2 aromatic heterocycles. The van der Waals surface area contributed by atoms with E-state index in [1.165, 1.54) is 17.0 Å². The van der Waals surface area contributed by atoms with Gasteiger partial charge >= 0.3 is 0 Å². The molecule has 0 saturated heterocycles. The Balaban J connectivity index is 2.07. The molecule has 2 heterocycles. The first-order valence-corrected chi connectivity index (χ1v) is 6.88. The predicted octanol–water partition coefficient (Wildman–Crippen LogP) is 2.46. The average Bonchev–Trinajstić information content (AvgIpc) is 2.84. The summed E-state index contributed by atoms with van der Waals surface area (Å²) in [5.74, 6) is -0.386. The van der Waals surface area contributed by atoms with Crippen molar-refractivity contribution in [2.24, 2.45) is 12.1 Å². The minimum atomic E-state index is -0.386. The lowest BCUT2D eigenvalue weighted by molar-refractivity contribution is 0.0945. The number of aryl methyl sites for hydroxylation is 2. The van der Waals surface area contributed by atoms with Crippen LogP contribution in [0.2, 0.25) is 0 Å². The molecule has 0 aliphatic carbocycles. The van der Waals surface area contributed by atoms with E-state index < -0.39 is 0 Å². The fraction of sp³-hybridized carbons (Fsp3) is 0.182. The number of aromatic nitrogens is 2. The number of rotatable bonds is 3. The maximum Gasteiger partial charge on any atom is 0.290 e. The van der Waals surface area contributed by atoms with E-state index in [0.717, 1.165) is 17.0 Å². The Bertz CT molecular complexity index is 649. The molecule has 2 aromatic rings. The van der Waals surface area contributed by atoms with Crippen molar-refractivity contribution in [3.05, 3.63) is 38.0 Å². The van der Waals surface area contributed by atoms with Crippen molar-refractivity contribution in [3.63, 3.8) is 0 Å². The molecule has 0 spiro atoms. The van der Waals surface area contributed by atoms with Gasteiger partial charge in [0.15, 0.2) is 5.13 Å². The normalized spacial score (nSPS) is 11.2. The van der Waals surface area contributed by atoms with Crippen LogP contribution < -0.4 is 5.43 Å². The van der Waals surface area contributed by atoms with Crippen molar-refractivity contribution in [2.45, 2.75) is 6.92 Å². The molecule has 0 aliphatic rings. The maximum atomic E-state index is 12.7. The van der Waals surface area contributed by atoms with Gasteiger partial charge < -0.3 is 0 Å². The quantitative estimate of drug-likeness (QED) is 0.686. The first kappa shape index (κ1) is 13.9. The lowest BCUT2D eigenvalue weighted by Crippen LogP contribution is -2.21. The zero-order chi connectivity index (χ0) is 14.0. The van der Waals surface area contributed by atoms with Crippen molar-refractivity contribution in [1.29, 1.82) is 0 Å². The van der Waals surface area contributed by atoms with E-state index >= 15 is 0 Å². The fourth-order valence-corrected chi connectivity index (χ4v) is 2.60. The van der Waals surface area contributed by atoms with Crippen LogP contribution in [0.15, 0.2) is 21.7 Å². The Morgan fingerprint density at radius 3 is 2.89 bits per heavy atom. The molecule has 100 valence electrons. The van der Waals surface area contributed by atoms with Gasteiger partial charge in [-0.3, -0.25) is 9.48 Å². The zero-order valence-corrected chi connectivity index (χ0v) is 12.5. The molecule has 19 heavy (non-hydrogen) atoms. The topological polar surface area (TPSA) is 59.3 Å². The standard InChI is InChI=1S/C11H10BrFN4OS/c1-6-9(12)10(17(2)16-6)11(18)15-14-5-7-3-4-8(13)19-7/h3-5H,1-2H3,(H,15,18). The number of carbonyl (C=O) groups is 1. The number of thiophene rings is 1. The van der Waals surface area contributed by atoms with Crippen molar-refractivity contribution < 1.29 is 9.18 Å². The SMILES string of the molecule is Cc1nn(C)c(C(=O)NN=Cc2ccc(F)s2)c1Br. The number of amides is 1. The van der Waals surface area contributed by atoms with E-state index in [0.29, 0.717) is 15.0 Å². The van der Waals surface area contributed by atoms with Crippen LogP contribution >= 0.6 is 27.3 Å².